The van der Waals surface area contributed by atoms with Gasteiger partial charge in [0.2, 0.25) is 0 Å². The minimum absolute atomic E-state index is 0.281. The standard InChI is InChI=1S/C15H18FN3O/c1-4-5-12-9-14(19(3)18-12)15(20)17-13-8-11(16)7-6-10(13)2/h6-9H,4-5H2,1-3H3,(H,17,20). The molecule has 0 radical (unpaired) electrons. The molecule has 0 unspecified atom stereocenters. The van der Waals surface area contributed by atoms with Crippen molar-refractivity contribution in [3.63, 3.8) is 0 Å². The van der Waals surface area contributed by atoms with Crippen LogP contribution in [0, 0.1) is 12.7 Å². The van der Waals surface area contributed by atoms with E-state index >= 15 is 0 Å². The lowest BCUT2D eigenvalue weighted by atomic mass is 10.2. The number of benzene rings is 1. The van der Waals surface area contributed by atoms with Crippen LogP contribution in [-0.2, 0) is 13.5 Å². The fourth-order valence-corrected chi connectivity index (χ4v) is 2.03. The quantitative estimate of drug-likeness (QED) is 0.932. The molecule has 0 aliphatic carbocycles. The summed E-state index contributed by atoms with van der Waals surface area (Å²) in [7, 11) is 1.73. The average Bonchev–Trinajstić information content (AvgIpc) is 2.75. The number of halogens is 1. The Morgan fingerprint density at radius 2 is 2.15 bits per heavy atom. The van der Waals surface area contributed by atoms with E-state index in [1.54, 1.807) is 23.9 Å². The lowest BCUT2D eigenvalue weighted by Gasteiger charge is -2.08. The van der Waals surface area contributed by atoms with Crippen LogP contribution < -0.4 is 5.32 Å². The van der Waals surface area contributed by atoms with E-state index in [1.165, 1.54) is 12.1 Å². The third-order valence-electron chi connectivity index (χ3n) is 3.12. The van der Waals surface area contributed by atoms with Gasteiger partial charge in [-0.2, -0.15) is 5.10 Å². The second kappa shape index (κ2) is 5.86. The molecule has 0 aliphatic rings. The largest absolute Gasteiger partial charge is 0.320 e. The number of carbonyl (C=O) groups excluding carboxylic acids is 1. The van der Waals surface area contributed by atoms with Crippen LogP contribution in [0.2, 0.25) is 0 Å². The van der Waals surface area contributed by atoms with Crippen LogP contribution in [0.3, 0.4) is 0 Å². The van der Waals surface area contributed by atoms with E-state index in [9.17, 15) is 9.18 Å². The predicted molar refractivity (Wildman–Crippen MR) is 76.3 cm³/mol. The van der Waals surface area contributed by atoms with Gasteiger partial charge in [-0.25, -0.2) is 4.39 Å². The lowest BCUT2D eigenvalue weighted by Crippen LogP contribution is -2.16. The molecule has 2 rings (SSSR count). The van der Waals surface area contributed by atoms with Crippen molar-refractivity contribution in [1.82, 2.24) is 9.78 Å². The zero-order chi connectivity index (χ0) is 14.7. The first-order chi connectivity index (χ1) is 9.51. The van der Waals surface area contributed by atoms with Crippen LogP contribution in [0.25, 0.3) is 0 Å². The second-order valence-electron chi connectivity index (χ2n) is 4.81. The minimum Gasteiger partial charge on any atom is -0.320 e. The molecule has 1 aromatic heterocycles. The van der Waals surface area contributed by atoms with Crippen LogP contribution in [0.1, 0.15) is 35.1 Å². The number of hydrogen-bond donors (Lipinski definition) is 1. The normalized spacial score (nSPS) is 10.6. The summed E-state index contributed by atoms with van der Waals surface area (Å²) in [5, 5.41) is 7.01. The van der Waals surface area contributed by atoms with Gasteiger partial charge >= 0.3 is 0 Å². The molecular weight excluding hydrogens is 257 g/mol. The van der Waals surface area contributed by atoms with Crippen LogP contribution in [0.15, 0.2) is 24.3 Å². The Hall–Kier alpha value is -2.17. The number of anilines is 1. The van der Waals surface area contributed by atoms with Crippen molar-refractivity contribution < 1.29 is 9.18 Å². The first-order valence-electron chi connectivity index (χ1n) is 6.61. The Morgan fingerprint density at radius 3 is 2.85 bits per heavy atom. The van der Waals surface area contributed by atoms with Gasteiger partial charge in [0.05, 0.1) is 5.69 Å². The number of amides is 1. The van der Waals surface area contributed by atoms with E-state index in [2.05, 4.69) is 17.3 Å². The Kier molecular flexibility index (Phi) is 4.17. The van der Waals surface area contributed by atoms with E-state index in [-0.39, 0.29) is 11.7 Å². The summed E-state index contributed by atoms with van der Waals surface area (Å²) in [6.45, 7) is 3.88. The lowest BCUT2D eigenvalue weighted by molar-refractivity contribution is 0.101. The molecule has 1 amide bonds. The molecule has 4 nitrogen and oxygen atoms in total. The minimum atomic E-state index is -0.373. The van der Waals surface area contributed by atoms with Gasteiger partial charge in [-0.05, 0) is 37.1 Å². The van der Waals surface area contributed by atoms with Gasteiger partial charge in [0, 0.05) is 12.7 Å². The highest BCUT2D eigenvalue weighted by atomic mass is 19.1. The van der Waals surface area contributed by atoms with Crippen molar-refractivity contribution >= 4 is 11.6 Å². The maximum Gasteiger partial charge on any atom is 0.273 e. The molecule has 1 heterocycles. The van der Waals surface area contributed by atoms with Gasteiger partial charge < -0.3 is 5.32 Å². The highest BCUT2D eigenvalue weighted by Gasteiger charge is 2.14. The van der Waals surface area contributed by atoms with E-state index in [0.717, 1.165) is 24.1 Å². The molecule has 20 heavy (non-hydrogen) atoms. The van der Waals surface area contributed by atoms with Crippen LogP contribution in [0.5, 0.6) is 0 Å². The van der Waals surface area contributed by atoms with E-state index in [0.29, 0.717) is 11.4 Å². The maximum atomic E-state index is 13.2. The van der Waals surface area contributed by atoms with Gasteiger partial charge in [-0.3, -0.25) is 9.48 Å². The number of carbonyl (C=O) groups is 1. The fourth-order valence-electron chi connectivity index (χ4n) is 2.03. The van der Waals surface area contributed by atoms with Crippen LogP contribution in [-0.4, -0.2) is 15.7 Å². The zero-order valence-corrected chi connectivity index (χ0v) is 11.9. The SMILES string of the molecule is CCCc1cc(C(=O)Nc2cc(F)ccc2C)n(C)n1. The number of nitrogens with zero attached hydrogens (tertiary/aromatic N) is 2. The Morgan fingerprint density at radius 1 is 1.40 bits per heavy atom. The molecule has 2 aromatic rings. The van der Waals surface area contributed by atoms with Crippen LogP contribution in [0.4, 0.5) is 10.1 Å². The fraction of sp³-hybridized carbons (Fsp3) is 0.333. The molecule has 0 bridgehead atoms. The van der Waals surface area contributed by atoms with Crippen molar-refractivity contribution in [2.24, 2.45) is 7.05 Å². The van der Waals surface area contributed by atoms with E-state index in [4.69, 9.17) is 0 Å². The van der Waals surface area contributed by atoms with Crippen molar-refractivity contribution in [2.75, 3.05) is 5.32 Å². The molecule has 0 saturated heterocycles. The highest BCUT2D eigenvalue weighted by Crippen LogP contribution is 2.17. The zero-order valence-electron chi connectivity index (χ0n) is 11.9. The summed E-state index contributed by atoms with van der Waals surface area (Å²) in [5.74, 6) is -0.654. The van der Waals surface area contributed by atoms with Gasteiger partial charge in [0.25, 0.3) is 5.91 Å². The number of rotatable bonds is 4. The number of aromatic nitrogens is 2. The highest BCUT2D eigenvalue weighted by molar-refractivity contribution is 6.03. The molecule has 0 spiro atoms. The first-order valence-corrected chi connectivity index (χ1v) is 6.61. The van der Waals surface area contributed by atoms with Gasteiger partial charge in [0.15, 0.2) is 0 Å². The first kappa shape index (κ1) is 14.2. The third-order valence-corrected chi connectivity index (χ3v) is 3.12. The number of hydrogen-bond acceptors (Lipinski definition) is 2. The van der Waals surface area contributed by atoms with E-state index < -0.39 is 0 Å². The average molecular weight is 275 g/mol. The van der Waals surface area contributed by atoms with Crippen LogP contribution >= 0.6 is 0 Å². The molecule has 5 heteroatoms. The van der Waals surface area contributed by atoms with Gasteiger partial charge in [-0.15, -0.1) is 0 Å². The van der Waals surface area contributed by atoms with Crippen molar-refractivity contribution in [1.29, 1.82) is 0 Å². The molecule has 1 N–H and O–H groups in total. The smallest absolute Gasteiger partial charge is 0.273 e. The monoisotopic (exact) mass is 275 g/mol. The molecular formula is C15H18FN3O. The van der Waals surface area contributed by atoms with Crippen molar-refractivity contribution in [3.8, 4) is 0 Å². The summed E-state index contributed by atoms with van der Waals surface area (Å²) in [6.07, 6.45) is 1.81. The Balaban J connectivity index is 2.21. The summed E-state index contributed by atoms with van der Waals surface area (Å²) >= 11 is 0. The Labute approximate surface area is 117 Å². The van der Waals surface area contributed by atoms with Gasteiger partial charge in [-0.1, -0.05) is 19.4 Å². The van der Waals surface area contributed by atoms with Crippen molar-refractivity contribution in [3.05, 3.63) is 47.0 Å². The van der Waals surface area contributed by atoms with Crippen molar-refractivity contribution in [2.45, 2.75) is 26.7 Å². The molecule has 1 aromatic carbocycles. The molecule has 0 saturated carbocycles. The summed E-state index contributed by atoms with van der Waals surface area (Å²) in [5.41, 5.74) is 2.65. The van der Waals surface area contributed by atoms with E-state index in [1.807, 2.05) is 6.92 Å². The second-order valence-corrected chi connectivity index (χ2v) is 4.81. The molecule has 0 fully saturated rings. The third kappa shape index (κ3) is 3.04. The molecule has 0 atom stereocenters. The molecule has 0 aliphatic heterocycles. The maximum absolute atomic E-state index is 13.2. The summed E-state index contributed by atoms with van der Waals surface area (Å²) in [4.78, 5) is 12.2. The Bertz CT molecular complexity index is 634. The number of nitrogens with one attached hydrogen (secondary N) is 1. The summed E-state index contributed by atoms with van der Waals surface area (Å²) in [6, 6.07) is 6.09. The predicted octanol–water partition coefficient (Wildman–Crippen LogP) is 3.07. The number of aryl methyl sites for hydroxylation is 3. The summed E-state index contributed by atoms with van der Waals surface area (Å²) < 4.78 is 14.8. The van der Waals surface area contributed by atoms with Gasteiger partial charge in [0.1, 0.15) is 11.5 Å². The topological polar surface area (TPSA) is 46.9 Å². The molecule has 106 valence electrons.